The molecule has 7 aromatic carbocycles. The summed E-state index contributed by atoms with van der Waals surface area (Å²) in [6, 6.07) is 66.6. The van der Waals surface area contributed by atoms with Crippen LogP contribution >= 0.6 is 0 Å². The van der Waals surface area contributed by atoms with Gasteiger partial charge in [0, 0.05) is 39.5 Å². The van der Waals surface area contributed by atoms with Crippen molar-refractivity contribution >= 4 is 38.9 Å². The zero-order valence-corrected chi connectivity index (χ0v) is 34.6. The molecule has 0 amide bonds. The number of nitrogens with zero attached hydrogens (tertiary/aromatic N) is 5. The van der Waals surface area contributed by atoms with E-state index in [9.17, 15) is 0 Å². The van der Waals surface area contributed by atoms with E-state index in [2.05, 4.69) is 199 Å². The van der Waals surface area contributed by atoms with Gasteiger partial charge in [0.05, 0.1) is 44.9 Å². The first-order valence-electron chi connectivity index (χ1n) is 20.9. The quantitative estimate of drug-likeness (QED) is 0.168. The van der Waals surface area contributed by atoms with E-state index in [1.165, 1.54) is 55.2 Å². The Labute approximate surface area is 356 Å². The van der Waals surface area contributed by atoms with E-state index < -0.39 is 5.41 Å². The number of rotatable bonds is 6. The highest BCUT2D eigenvalue weighted by molar-refractivity contribution is 6.10. The van der Waals surface area contributed by atoms with E-state index >= 15 is 0 Å². The van der Waals surface area contributed by atoms with Gasteiger partial charge in [0.25, 0.3) is 0 Å². The number of hydrogen-bond donors (Lipinski definition) is 0. The number of pyridine rings is 1. The van der Waals surface area contributed by atoms with Crippen LogP contribution in [-0.2, 0) is 5.41 Å². The molecule has 0 saturated heterocycles. The molecule has 0 saturated carbocycles. The van der Waals surface area contributed by atoms with E-state index in [1.807, 2.05) is 31.3 Å². The number of anilines is 3. The lowest BCUT2D eigenvalue weighted by Crippen LogP contribution is -2.38. The van der Waals surface area contributed by atoms with E-state index in [1.54, 1.807) is 0 Å². The normalized spacial score (nSPS) is 13.0. The van der Waals surface area contributed by atoms with E-state index in [-0.39, 0.29) is 0 Å². The summed E-state index contributed by atoms with van der Waals surface area (Å²) in [6.45, 7) is 8.47. The minimum absolute atomic E-state index is 0.637. The van der Waals surface area contributed by atoms with Crippen LogP contribution in [-0.4, -0.2) is 19.5 Å². The van der Waals surface area contributed by atoms with Gasteiger partial charge in [-0.05, 0) is 117 Å². The minimum Gasteiger partial charge on any atom is -0.310 e. The van der Waals surface area contributed by atoms with Gasteiger partial charge in [-0.1, -0.05) is 126 Å². The SMILES string of the molecule is Cc1ccc2c(c1)C(c1ccccc1)(c1ccc3c(c1)c1ccccc1n3-c1ccccc1)c1cc(C)ccc1N2c1ccc(-c2nc(C)nc(-c3ccccn3)c2C)cc1. The predicted molar refractivity (Wildman–Crippen MR) is 251 cm³/mol. The molecule has 3 aromatic heterocycles. The van der Waals surface area contributed by atoms with Crippen LogP contribution < -0.4 is 4.90 Å². The summed E-state index contributed by atoms with van der Waals surface area (Å²) in [6.07, 6.45) is 1.81. The summed E-state index contributed by atoms with van der Waals surface area (Å²) in [5.74, 6) is 0.718. The van der Waals surface area contributed by atoms with Gasteiger partial charge in [0.15, 0.2) is 0 Å². The molecule has 0 bridgehead atoms. The second-order valence-electron chi connectivity index (χ2n) is 16.3. The van der Waals surface area contributed by atoms with Crippen molar-refractivity contribution < 1.29 is 0 Å². The average molecular weight is 786 g/mol. The highest BCUT2D eigenvalue weighted by Gasteiger charge is 2.47. The molecule has 0 aliphatic carbocycles. The van der Waals surface area contributed by atoms with Gasteiger partial charge in [0.1, 0.15) is 5.82 Å². The van der Waals surface area contributed by atoms with Crippen molar-refractivity contribution in [2.45, 2.75) is 33.1 Å². The van der Waals surface area contributed by atoms with E-state index in [4.69, 9.17) is 9.97 Å². The van der Waals surface area contributed by atoms with Gasteiger partial charge in [-0.25, -0.2) is 9.97 Å². The van der Waals surface area contributed by atoms with Crippen molar-refractivity contribution in [3.05, 3.63) is 233 Å². The zero-order valence-electron chi connectivity index (χ0n) is 34.6. The molecule has 0 spiro atoms. The molecule has 11 rings (SSSR count). The van der Waals surface area contributed by atoms with Gasteiger partial charge < -0.3 is 9.47 Å². The molecule has 0 fully saturated rings. The largest absolute Gasteiger partial charge is 0.310 e. The molecule has 1 aliphatic rings. The topological polar surface area (TPSA) is 46.8 Å². The number of benzene rings is 7. The molecule has 0 unspecified atom stereocenters. The predicted octanol–water partition coefficient (Wildman–Crippen LogP) is 13.7. The van der Waals surface area contributed by atoms with Gasteiger partial charge >= 0.3 is 0 Å². The Bertz CT molecular complexity index is 3230. The molecule has 0 atom stereocenters. The Morgan fingerprint density at radius 1 is 0.459 bits per heavy atom. The maximum absolute atomic E-state index is 4.95. The van der Waals surface area contributed by atoms with Crippen LogP contribution in [0.5, 0.6) is 0 Å². The molecule has 292 valence electrons. The molecule has 0 N–H and O–H groups in total. The Kier molecular flexibility index (Phi) is 8.53. The standard InChI is InChI=1S/C56H43N5/c1-36-22-29-52-47(33-36)56(41-15-7-5-8-16-41,42-26-31-51-46(35-42)45-19-11-12-21-50(45)60(51)43-17-9-6-10-18-43)48-34-37(2)23-30-53(48)61(52)44-27-24-40(25-28-44)54-38(3)55(59-39(4)58-54)49-20-13-14-32-57-49/h5-35H,1-4H3. The third-order valence-corrected chi connectivity index (χ3v) is 12.5. The number of para-hydroxylation sites is 2. The van der Waals surface area contributed by atoms with Crippen LogP contribution in [0.3, 0.4) is 0 Å². The monoisotopic (exact) mass is 785 g/mol. The first kappa shape index (κ1) is 36.4. The lowest BCUT2D eigenvalue weighted by atomic mass is 9.62. The van der Waals surface area contributed by atoms with Crippen LogP contribution in [0.4, 0.5) is 17.1 Å². The van der Waals surface area contributed by atoms with Crippen molar-refractivity contribution in [3.8, 4) is 28.3 Å². The molecule has 1 aliphatic heterocycles. The zero-order chi connectivity index (χ0) is 41.2. The lowest BCUT2D eigenvalue weighted by Gasteiger charge is -2.47. The summed E-state index contributed by atoms with van der Waals surface area (Å²) in [7, 11) is 0. The number of fused-ring (bicyclic) bond motifs is 5. The van der Waals surface area contributed by atoms with Crippen molar-refractivity contribution in [2.75, 3.05) is 4.90 Å². The van der Waals surface area contributed by atoms with Crippen LogP contribution in [0.2, 0.25) is 0 Å². The third kappa shape index (κ3) is 5.72. The maximum atomic E-state index is 4.95. The average Bonchev–Trinajstić information content (AvgIpc) is 3.63. The number of hydrogen-bond acceptors (Lipinski definition) is 4. The van der Waals surface area contributed by atoms with Gasteiger partial charge in [-0.15, -0.1) is 0 Å². The molecule has 4 heterocycles. The minimum atomic E-state index is -0.637. The molecular weight excluding hydrogens is 743 g/mol. The van der Waals surface area contributed by atoms with E-state index in [0.29, 0.717) is 0 Å². The fourth-order valence-corrected chi connectivity index (χ4v) is 9.81. The second-order valence-corrected chi connectivity index (χ2v) is 16.3. The van der Waals surface area contributed by atoms with Crippen LogP contribution in [0, 0.1) is 27.7 Å². The first-order valence-corrected chi connectivity index (χ1v) is 20.9. The van der Waals surface area contributed by atoms with Crippen LogP contribution in [0.1, 0.15) is 44.8 Å². The fraction of sp³-hybridized carbons (Fsp3) is 0.0893. The highest BCUT2D eigenvalue weighted by atomic mass is 15.2. The molecule has 5 heteroatoms. The van der Waals surface area contributed by atoms with Gasteiger partial charge in [0.2, 0.25) is 0 Å². The summed E-state index contributed by atoms with van der Waals surface area (Å²) >= 11 is 0. The summed E-state index contributed by atoms with van der Waals surface area (Å²) in [4.78, 5) is 16.8. The Balaban J connectivity index is 1.14. The first-order chi connectivity index (χ1) is 29.9. The van der Waals surface area contributed by atoms with Crippen molar-refractivity contribution in [3.63, 3.8) is 0 Å². The summed E-state index contributed by atoms with van der Waals surface area (Å²) < 4.78 is 2.40. The maximum Gasteiger partial charge on any atom is 0.126 e. The van der Waals surface area contributed by atoms with Gasteiger partial charge in [-0.2, -0.15) is 0 Å². The van der Waals surface area contributed by atoms with Crippen molar-refractivity contribution in [2.24, 2.45) is 0 Å². The third-order valence-electron chi connectivity index (χ3n) is 12.5. The molecule has 61 heavy (non-hydrogen) atoms. The number of aryl methyl sites for hydroxylation is 3. The van der Waals surface area contributed by atoms with Crippen molar-refractivity contribution in [1.82, 2.24) is 19.5 Å². The smallest absolute Gasteiger partial charge is 0.126 e. The van der Waals surface area contributed by atoms with Crippen LogP contribution in [0.15, 0.2) is 188 Å². The fourth-order valence-electron chi connectivity index (χ4n) is 9.81. The molecule has 10 aromatic rings. The molecular formula is C56H43N5. The van der Waals surface area contributed by atoms with E-state index in [0.717, 1.165) is 56.8 Å². The number of aromatic nitrogens is 4. The van der Waals surface area contributed by atoms with Crippen LogP contribution in [0.25, 0.3) is 50.1 Å². The second kappa shape index (κ2) is 14.3. The Morgan fingerprint density at radius 3 is 1.77 bits per heavy atom. The molecule has 0 radical (unpaired) electrons. The lowest BCUT2D eigenvalue weighted by molar-refractivity contribution is 0.730. The Hall–Kier alpha value is -7.63. The van der Waals surface area contributed by atoms with Crippen molar-refractivity contribution in [1.29, 1.82) is 0 Å². The molecule has 5 nitrogen and oxygen atoms in total. The summed E-state index contributed by atoms with van der Waals surface area (Å²) in [5, 5.41) is 2.47. The summed E-state index contributed by atoms with van der Waals surface area (Å²) in [5.41, 5.74) is 18.3. The van der Waals surface area contributed by atoms with Gasteiger partial charge in [-0.3, -0.25) is 4.98 Å². The highest BCUT2D eigenvalue weighted by Crippen LogP contribution is 2.58. The Morgan fingerprint density at radius 2 is 1.08 bits per heavy atom.